The highest BCUT2D eigenvalue weighted by atomic mass is 35.5. The summed E-state index contributed by atoms with van der Waals surface area (Å²) in [6.45, 7) is 2.08. The highest BCUT2D eigenvalue weighted by Gasteiger charge is 2.20. The smallest absolute Gasteiger partial charge is 0.310 e. The second-order valence-corrected chi connectivity index (χ2v) is 7.50. The number of methoxy groups -OCH3 is 1. The van der Waals surface area contributed by atoms with E-state index in [0.717, 1.165) is 16.0 Å². The molecule has 1 heterocycles. The average Bonchev–Trinajstić information content (AvgIpc) is 3.11. The quantitative estimate of drug-likeness (QED) is 0.383. The van der Waals surface area contributed by atoms with Crippen molar-refractivity contribution in [2.24, 2.45) is 0 Å². The number of thiophene rings is 1. The molecule has 0 radical (unpaired) electrons. The number of hydrogen-bond acceptors (Lipinski definition) is 5. The number of ketones is 1. The Bertz CT molecular complexity index is 992. The zero-order valence-corrected chi connectivity index (χ0v) is 17.1. The van der Waals surface area contributed by atoms with Crippen LogP contribution in [-0.4, -0.2) is 25.5 Å². The van der Waals surface area contributed by atoms with Crippen LogP contribution in [0.15, 0.2) is 54.6 Å². The molecule has 0 atom stereocenters. The summed E-state index contributed by atoms with van der Waals surface area (Å²) in [5.41, 5.74) is 2.20. The zero-order chi connectivity index (χ0) is 20.1. The second-order valence-electron chi connectivity index (χ2n) is 6.01. The Hall–Kier alpha value is -2.63. The molecular weight excluding hydrogens is 396 g/mol. The molecule has 0 saturated heterocycles. The molecule has 144 valence electrons. The number of carbonyl (C=O) groups excluding carboxylic acids is 2. The Labute approximate surface area is 172 Å². The number of esters is 1. The Balaban J connectivity index is 2.01. The van der Waals surface area contributed by atoms with Crippen LogP contribution in [0.3, 0.4) is 0 Å². The normalized spacial score (nSPS) is 10.5. The van der Waals surface area contributed by atoms with E-state index < -0.39 is 0 Å². The number of hydrogen-bond donors (Lipinski definition) is 0. The summed E-state index contributed by atoms with van der Waals surface area (Å²) < 4.78 is 10.3. The van der Waals surface area contributed by atoms with Gasteiger partial charge in [-0.25, -0.2) is 0 Å². The summed E-state index contributed by atoms with van der Waals surface area (Å²) in [4.78, 5) is 26.4. The van der Waals surface area contributed by atoms with Gasteiger partial charge in [-0.3, -0.25) is 9.59 Å². The molecule has 0 bridgehead atoms. The Morgan fingerprint density at radius 1 is 1.07 bits per heavy atom. The van der Waals surface area contributed by atoms with Gasteiger partial charge in [-0.15, -0.1) is 11.3 Å². The SMILES string of the molecule is CCOC(=O)Cc1cc(C(=O)c2cccc(OC)c2)sc1-c1ccc(Cl)cc1. The molecule has 2 aromatic carbocycles. The summed E-state index contributed by atoms with van der Waals surface area (Å²) in [5.74, 6) is 0.178. The molecule has 0 aliphatic rings. The number of rotatable bonds is 7. The minimum Gasteiger partial charge on any atom is -0.497 e. The van der Waals surface area contributed by atoms with Crippen molar-refractivity contribution in [2.45, 2.75) is 13.3 Å². The second kappa shape index (κ2) is 9.04. The third kappa shape index (κ3) is 4.61. The van der Waals surface area contributed by atoms with Gasteiger partial charge in [-0.1, -0.05) is 35.9 Å². The first-order valence-corrected chi connectivity index (χ1v) is 9.94. The van der Waals surface area contributed by atoms with Crippen molar-refractivity contribution in [3.8, 4) is 16.2 Å². The first-order valence-electron chi connectivity index (χ1n) is 8.74. The van der Waals surface area contributed by atoms with Crippen LogP contribution in [0, 0.1) is 0 Å². The third-order valence-electron chi connectivity index (χ3n) is 4.11. The maximum Gasteiger partial charge on any atom is 0.310 e. The summed E-state index contributed by atoms with van der Waals surface area (Å²) >= 11 is 7.35. The van der Waals surface area contributed by atoms with Gasteiger partial charge in [0.2, 0.25) is 5.78 Å². The summed E-state index contributed by atoms with van der Waals surface area (Å²) in [7, 11) is 1.56. The van der Waals surface area contributed by atoms with Crippen LogP contribution in [0.2, 0.25) is 5.02 Å². The van der Waals surface area contributed by atoms with Crippen molar-refractivity contribution >= 4 is 34.7 Å². The number of benzene rings is 2. The van der Waals surface area contributed by atoms with Gasteiger partial charge >= 0.3 is 5.97 Å². The predicted molar refractivity (Wildman–Crippen MR) is 112 cm³/mol. The highest BCUT2D eigenvalue weighted by molar-refractivity contribution is 7.17. The average molecular weight is 415 g/mol. The van der Waals surface area contributed by atoms with E-state index in [1.807, 2.05) is 12.1 Å². The van der Waals surface area contributed by atoms with Crippen molar-refractivity contribution in [2.75, 3.05) is 13.7 Å². The molecule has 1 aromatic heterocycles. The van der Waals surface area contributed by atoms with Crippen molar-refractivity contribution in [1.29, 1.82) is 0 Å². The zero-order valence-electron chi connectivity index (χ0n) is 15.5. The monoisotopic (exact) mass is 414 g/mol. The van der Waals surface area contributed by atoms with E-state index in [9.17, 15) is 9.59 Å². The molecule has 0 spiro atoms. The fourth-order valence-corrected chi connectivity index (χ4v) is 4.07. The molecule has 3 aromatic rings. The van der Waals surface area contributed by atoms with Crippen molar-refractivity contribution in [1.82, 2.24) is 0 Å². The molecule has 4 nitrogen and oxygen atoms in total. The minimum atomic E-state index is -0.323. The van der Waals surface area contributed by atoms with Crippen molar-refractivity contribution in [3.05, 3.63) is 75.6 Å². The van der Waals surface area contributed by atoms with E-state index in [4.69, 9.17) is 21.1 Å². The lowest BCUT2D eigenvalue weighted by atomic mass is 10.0. The molecule has 0 aliphatic carbocycles. The lowest BCUT2D eigenvalue weighted by Gasteiger charge is -2.04. The molecule has 28 heavy (non-hydrogen) atoms. The molecular formula is C22H19ClO4S. The number of carbonyl (C=O) groups is 2. The summed E-state index contributed by atoms with van der Waals surface area (Å²) in [6, 6.07) is 16.1. The van der Waals surface area contributed by atoms with Crippen LogP contribution in [0.4, 0.5) is 0 Å². The van der Waals surface area contributed by atoms with Gasteiger partial charge in [0.15, 0.2) is 0 Å². The summed E-state index contributed by atoms with van der Waals surface area (Å²) in [5, 5.41) is 0.625. The van der Waals surface area contributed by atoms with Gasteiger partial charge < -0.3 is 9.47 Å². The first kappa shape index (κ1) is 20.1. The van der Waals surface area contributed by atoms with Gasteiger partial charge in [-0.05, 0) is 48.4 Å². The topological polar surface area (TPSA) is 52.6 Å². The molecule has 0 fully saturated rings. The van der Waals surface area contributed by atoms with Crippen LogP contribution in [0.1, 0.15) is 27.7 Å². The first-order chi connectivity index (χ1) is 13.5. The van der Waals surface area contributed by atoms with E-state index in [1.54, 1.807) is 56.5 Å². The van der Waals surface area contributed by atoms with E-state index >= 15 is 0 Å². The van der Waals surface area contributed by atoms with Gasteiger partial charge in [-0.2, -0.15) is 0 Å². The van der Waals surface area contributed by atoms with E-state index in [0.29, 0.717) is 27.8 Å². The molecule has 0 N–H and O–H groups in total. The largest absolute Gasteiger partial charge is 0.497 e. The Morgan fingerprint density at radius 2 is 1.82 bits per heavy atom. The molecule has 6 heteroatoms. The van der Waals surface area contributed by atoms with E-state index in [1.165, 1.54) is 11.3 Å². The number of ether oxygens (including phenoxy) is 2. The lowest BCUT2D eigenvalue weighted by molar-refractivity contribution is -0.142. The molecule has 3 rings (SSSR count). The fourth-order valence-electron chi connectivity index (χ4n) is 2.79. The Morgan fingerprint density at radius 3 is 2.50 bits per heavy atom. The van der Waals surface area contributed by atoms with Gasteiger partial charge in [0.25, 0.3) is 0 Å². The standard InChI is InChI=1S/C22H19ClO4S/c1-3-27-20(24)13-16-12-19(21(25)15-5-4-6-18(11-15)26-2)28-22(16)14-7-9-17(23)10-8-14/h4-12H,3,13H2,1-2H3. The van der Waals surface area contributed by atoms with Gasteiger partial charge in [0, 0.05) is 15.5 Å². The van der Waals surface area contributed by atoms with Gasteiger partial charge in [0.1, 0.15) is 5.75 Å². The van der Waals surface area contributed by atoms with Crippen molar-refractivity contribution in [3.63, 3.8) is 0 Å². The van der Waals surface area contributed by atoms with E-state index in [-0.39, 0.29) is 18.2 Å². The highest BCUT2D eigenvalue weighted by Crippen LogP contribution is 2.35. The van der Waals surface area contributed by atoms with Crippen LogP contribution >= 0.6 is 22.9 Å². The summed E-state index contributed by atoms with van der Waals surface area (Å²) in [6.07, 6.45) is 0.105. The van der Waals surface area contributed by atoms with Crippen LogP contribution < -0.4 is 4.74 Å². The Kier molecular flexibility index (Phi) is 6.49. The third-order valence-corrected chi connectivity index (χ3v) is 5.59. The molecule has 0 saturated carbocycles. The van der Waals surface area contributed by atoms with Crippen molar-refractivity contribution < 1.29 is 19.1 Å². The van der Waals surface area contributed by atoms with Crippen LogP contribution in [-0.2, 0) is 16.0 Å². The molecule has 0 amide bonds. The number of halogens is 1. The lowest BCUT2D eigenvalue weighted by Crippen LogP contribution is -2.07. The molecule has 0 aliphatic heterocycles. The maximum absolute atomic E-state index is 13.0. The maximum atomic E-state index is 13.0. The van der Waals surface area contributed by atoms with E-state index in [2.05, 4.69) is 0 Å². The van der Waals surface area contributed by atoms with Gasteiger partial charge in [0.05, 0.1) is 25.0 Å². The fraction of sp³-hybridized carbons (Fsp3) is 0.182. The minimum absolute atomic E-state index is 0.105. The molecule has 0 unspecified atom stereocenters. The predicted octanol–water partition coefficient (Wildman–Crippen LogP) is 5.41. The van der Waals surface area contributed by atoms with Crippen LogP contribution in [0.5, 0.6) is 5.75 Å². The van der Waals surface area contributed by atoms with Crippen LogP contribution in [0.25, 0.3) is 10.4 Å².